The summed E-state index contributed by atoms with van der Waals surface area (Å²) in [7, 11) is 1.75. The number of benzene rings is 2. The van der Waals surface area contributed by atoms with Crippen LogP contribution in [-0.4, -0.2) is 38.1 Å². The van der Waals surface area contributed by atoms with Gasteiger partial charge in [-0.25, -0.2) is 0 Å². The van der Waals surface area contributed by atoms with Gasteiger partial charge in [-0.15, -0.1) is 10.2 Å². The number of ether oxygens (including phenoxy) is 1. The van der Waals surface area contributed by atoms with E-state index in [4.69, 9.17) is 16.3 Å². The standard InChI is InChI=1S/C19H20ClN5O2/c1-14(15-8-10-16(20)11-9-15)24(2)19(26)12-25-22-18(21-23-25)13-27-17-6-4-3-5-7-17/h3-11,14H,12-13H2,1-2H3/t14-/m0/s1. The second-order valence-electron chi connectivity index (χ2n) is 6.07. The molecule has 3 aromatic rings. The third-order valence-electron chi connectivity index (χ3n) is 4.21. The van der Waals surface area contributed by atoms with E-state index in [0.29, 0.717) is 10.8 Å². The summed E-state index contributed by atoms with van der Waals surface area (Å²) < 4.78 is 5.58. The van der Waals surface area contributed by atoms with Crippen LogP contribution in [0.25, 0.3) is 0 Å². The molecule has 0 fully saturated rings. The Morgan fingerprint density at radius 2 is 1.89 bits per heavy atom. The van der Waals surface area contributed by atoms with Crippen LogP contribution in [0.3, 0.4) is 0 Å². The molecular weight excluding hydrogens is 366 g/mol. The second-order valence-corrected chi connectivity index (χ2v) is 6.51. The van der Waals surface area contributed by atoms with E-state index in [2.05, 4.69) is 15.4 Å². The average molecular weight is 386 g/mol. The maximum Gasteiger partial charge on any atom is 0.246 e. The first kappa shape index (κ1) is 18.8. The van der Waals surface area contributed by atoms with Gasteiger partial charge in [0.05, 0.1) is 6.04 Å². The summed E-state index contributed by atoms with van der Waals surface area (Å²) in [5, 5.41) is 12.7. The molecule has 7 nitrogen and oxygen atoms in total. The zero-order chi connectivity index (χ0) is 19.2. The highest BCUT2D eigenvalue weighted by atomic mass is 35.5. The largest absolute Gasteiger partial charge is 0.485 e. The Balaban J connectivity index is 1.56. The fourth-order valence-electron chi connectivity index (χ4n) is 2.48. The maximum atomic E-state index is 12.5. The van der Waals surface area contributed by atoms with Gasteiger partial charge in [0.15, 0.2) is 6.61 Å². The molecule has 0 aliphatic carbocycles. The number of carbonyl (C=O) groups is 1. The van der Waals surface area contributed by atoms with Crippen molar-refractivity contribution in [1.82, 2.24) is 25.1 Å². The third kappa shape index (κ3) is 5.04. The Morgan fingerprint density at radius 1 is 1.19 bits per heavy atom. The van der Waals surface area contributed by atoms with Crippen LogP contribution in [-0.2, 0) is 17.9 Å². The van der Waals surface area contributed by atoms with Crippen molar-refractivity contribution in [2.24, 2.45) is 0 Å². The van der Waals surface area contributed by atoms with Gasteiger partial charge in [0.2, 0.25) is 11.7 Å². The number of hydrogen-bond donors (Lipinski definition) is 0. The van der Waals surface area contributed by atoms with Gasteiger partial charge in [-0.3, -0.25) is 4.79 Å². The second kappa shape index (κ2) is 8.64. The third-order valence-corrected chi connectivity index (χ3v) is 4.46. The summed E-state index contributed by atoms with van der Waals surface area (Å²) in [4.78, 5) is 15.4. The van der Waals surface area contributed by atoms with Crippen molar-refractivity contribution < 1.29 is 9.53 Å². The minimum Gasteiger partial charge on any atom is -0.485 e. The highest BCUT2D eigenvalue weighted by molar-refractivity contribution is 6.30. The lowest BCUT2D eigenvalue weighted by Gasteiger charge is -2.25. The highest BCUT2D eigenvalue weighted by Crippen LogP contribution is 2.21. The molecule has 0 unspecified atom stereocenters. The number of amides is 1. The van der Waals surface area contributed by atoms with Crippen LogP contribution in [0.5, 0.6) is 5.75 Å². The van der Waals surface area contributed by atoms with Gasteiger partial charge < -0.3 is 9.64 Å². The van der Waals surface area contributed by atoms with Crippen LogP contribution in [0.15, 0.2) is 54.6 Å². The van der Waals surface area contributed by atoms with Crippen molar-refractivity contribution in [3.8, 4) is 5.75 Å². The molecule has 0 spiro atoms. The van der Waals surface area contributed by atoms with E-state index in [1.165, 1.54) is 4.80 Å². The van der Waals surface area contributed by atoms with Crippen LogP contribution in [0, 0.1) is 0 Å². The van der Waals surface area contributed by atoms with E-state index in [1.54, 1.807) is 11.9 Å². The van der Waals surface area contributed by atoms with E-state index < -0.39 is 0 Å². The molecule has 0 N–H and O–H groups in total. The molecule has 0 aliphatic heterocycles. The minimum absolute atomic E-state index is 0.00671. The predicted molar refractivity (Wildman–Crippen MR) is 101 cm³/mol. The number of aromatic nitrogens is 4. The number of carbonyl (C=O) groups excluding carboxylic acids is 1. The quantitative estimate of drug-likeness (QED) is 0.624. The molecular formula is C19H20ClN5O2. The van der Waals surface area contributed by atoms with Gasteiger partial charge in [0, 0.05) is 12.1 Å². The molecule has 0 aliphatic rings. The molecule has 2 aromatic carbocycles. The molecule has 3 rings (SSSR count). The number of para-hydroxylation sites is 1. The van der Waals surface area contributed by atoms with Crippen LogP contribution in [0.2, 0.25) is 5.02 Å². The zero-order valence-corrected chi connectivity index (χ0v) is 15.9. The summed E-state index contributed by atoms with van der Waals surface area (Å²) in [5.41, 5.74) is 0.999. The lowest BCUT2D eigenvalue weighted by Crippen LogP contribution is -2.33. The Morgan fingerprint density at radius 3 is 2.59 bits per heavy atom. The first-order chi connectivity index (χ1) is 13.0. The number of likely N-dealkylation sites (N-methyl/N-ethyl adjacent to an activating group) is 1. The SMILES string of the molecule is C[C@@H](c1ccc(Cl)cc1)N(C)C(=O)Cn1nnc(COc2ccccc2)n1. The Hall–Kier alpha value is -2.93. The molecule has 1 heterocycles. The van der Waals surface area contributed by atoms with Gasteiger partial charge >= 0.3 is 0 Å². The van der Waals surface area contributed by atoms with Gasteiger partial charge in [0.1, 0.15) is 12.3 Å². The molecule has 1 atom stereocenters. The van der Waals surface area contributed by atoms with Crippen molar-refractivity contribution in [2.75, 3.05) is 7.05 Å². The summed E-state index contributed by atoms with van der Waals surface area (Å²) in [6.45, 7) is 2.15. The summed E-state index contributed by atoms with van der Waals surface area (Å²) >= 11 is 5.92. The van der Waals surface area contributed by atoms with Crippen LogP contribution in [0.1, 0.15) is 24.4 Å². The number of nitrogens with zero attached hydrogens (tertiary/aromatic N) is 5. The smallest absolute Gasteiger partial charge is 0.246 e. The zero-order valence-electron chi connectivity index (χ0n) is 15.1. The first-order valence-corrected chi connectivity index (χ1v) is 8.86. The van der Waals surface area contributed by atoms with Crippen LogP contribution < -0.4 is 4.74 Å². The Labute approximate surface area is 162 Å². The highest BCUT2D eigenvalue weighted by Gasteiger charge is 2.19. The van der Waals surface area contributed by atoms with Gasteiger partial charge in [-0.2, -0.15) is 4.80 Å². The summed E-state index contributed by atoms with van der Waals surface area (Å²) in [6, 6.07) is 16.7. The van der Waals surface area contributed by atoms with E-state index in [-0.39, 0.29) is 25.1 Å². The van der Waals surface area contributed by atoms with Crippen LogP contribution >= 0.6 is 11.6 Å². The molecule has 27 heavy (non-hydrogen) atoms. The predicted octanol–water partition coefficient (Wildman–Crippen LogP) is 3.13. The number of rotatable bonds is 7. The Kier molecular flexibility index (Phi) is 6.03. The van der Waals surface area contributed by atoms with E-state index in [0.717, 1.165) is 11.3 Å². The molecule has 0 radical (unpaired) electrons. The monoisotopic (exact) mass is 385 g/mol. The topological polar surface area (TPSA) is 73.1 Å². The van der Waals surface area contributed by atoms with Crippen molar-refractivity contribution >= 4 is 17.5 Å². The molecule has 8 heteroatoms. The average Bonchev–Trinajstić information content (AvgIpc) is 3.14. The number of halogens is 1. The Bertz CT molecular complexity index is 883. The van der Waals surface area contributed by atoms with Gasteiger partial charge in [-0.1, -0.05) is 41.9 Å². The molecule has 1 amide bonds. The van der Waals surface area contributed by atoms with Crippen molar-refractivity contribution in [1.29, 1.82) is 0 Å². The molecule has 140 valence electrons. The summed E-state index contributed by atoms with van der Waals surface area (Å²) in [5.74, 6) is 1.02. The fourth-order valence-corrected chi connectivity index (χ4v) is 2.61. The molecule has 1 aromatic heterocycles. The van der Waals surface area contributed by atoms with Crippen molar-refractivity contribution in [3.05, 3.63) is 71.0 Å². The lowest BCUT2D eigenvalue weighted by atomic mass is 10.1. The fraction of sp³-hybridized carbons (Fsp3) is 0.263. The van der Waals surface area contributed by atoms with E-state index >= 15 is 0 Å². The number of hydrogen-bond acceptors (Lipinski definition) is 5. The molecule has 0 saturated carbocycles. The van der Waals surface area contributed by atoms with Gasteiger partial charge in [-0.05, 0) is 42.0 Å². The lowest BCUT2D eigenvalue weighted by molar-refractivity contribution is -0.132. The van der Waals surface area contributed by atoms with E-state index in [9.17, 15) is 4.79 Å². The minimum atomic E-state index is -0.120. The van der Waals surface area contributed by atoms with Gasteiger partial charge in [0.25, 0.3) is 0 Å². The summed E-state index contributed by atoms with van der Waals surface area (Å²) in [6.07, 6.45) is 0. The molecule has 0 saturated heterocycles. The number of tetrazole rings is 1. The molecule has 0 bridgehead atoms. The van der Waals surface area contributed by atoms with Crippen molar-refractivity contribution in [3.63, 3.8) is 0 Å². The van der Waals surface area contributed by atoms with Crippen molar-refractivity contribution in [2.45, 2.75) is 26.1 Å². The normalized spacial score (nSPS) is 11.8. The van der Waals surface area contributed by atoms with Crippen LogP contribution in [0.4, 0.5) is 0 Å². The first-order valence-electron chi connectivity index (χ1n) is 8.48. The maximum absolute atomic E-state index is 12.5. The van der Waals surface area contributed by atoms with E-state index in [1.807, 2.05) is 61.5 Å².